The summed E-state index contributed by atoms with van der Waals surface area (Å²) in [6.07, 6.45) is 6.23. The van der Waals surface area contributed by atoms with Crippen LogP contribution in [0.5, 0.6) is 0 Å². The van der Waals surface area contributed by atoms with E-state index >= 15 is 0 Å². The molecule has 0 aliphatic carbocycles. The van der Waals surface area contributed by atoms with Crippen molar-refractivity contribution in [2.45, 2.75) is 6.42 Å². The summed E-state index contributed by atoms with van der Waals surface area (Å²) >= 11 is 0. The first-order valence-corrected chi connectivity index (χ1v) is 14.0. The van der Waals surface area contributed by atoms with Crippen LogP contribution in [0.3, 0.4) is 0 Å². The van der Waals surface area contributed by atoms with Crippen molar-refractivity contribution in [3.05, 3.63) is 187 Å². The molecule has 0 unspecified atom stereocenters. The average molecular weight is 543 g/mol. The zero-order valence-corrected chi connectivity index (χ0v) is 23.6. The zero-order chi connectivity index (χ0) is 29.1. The summed E-state index contributed by atoms with van der Waals surface area (Å²) in [5.41, 5.74) is 15.3. The lowest BCUT2D eigenvalue weighted by Crippen LogP contribution is -1.93. The van der Waals surface area contributed by atoms with Crippen molar-refractivity contribution in [2.24, 2.45) is 0 Å². The van der Waals surface area contributed by atoms with Crippen molar-refractivity contribution in [1.82, 2.24) is 0 Å². The summed E-state index contributed by atoms with van der Waals surface area (Å²) in [5, 5.41) is 10.5. The highest BCUT2D eigenvalue weighted by atomic mass is 14.5. The van der Waals surface area contributed by atoms with Crippen LogP contribution in [0.15, 0.2) is 170 Å². The molecule has 6 aromatic rings. The van der Waals surface area contributed by atoms with E-state index in [1.807, 2.05) is 24.3 Å². The van der Waals surface area contributed by atoms with E-state index in [-0.39, 0.29) is 0 Å². The Bertz CT molecular complexity index is 1760. The minimum atomic E-state index is 0.475. The Morgan fingerprint density at radius 3 is 1.55 bits per heavy atom. The lowest BCUT2D eigenvalue weighted by molar-refractivity contribution is 1.19. The first-order valence-electron chi connectivity index (χ1n) is 14.0. The molecule has 2 heteroatoms. The van der Waals surface area contributed by atoms with Gasteiger partial charge in [0.15, 0.2) is 0 Å². The molecule has 0 saturated heterocycles. The van der Waals surface area contributed by atoms with Gasteiger partial charge in [0.25, 0.3) is 0 Å². The van der Waals surface area contributed by atoms with Crippen LogP contribution >= 0.6 is 0 Å². The fraction of sp³-hybridized carbons (Fsp3) is 0.0250. The molecule has 0 heterocycles. The first-order chi connectivity index (χ1) is 20.6. The van der Waals surface area contributed by atoms with Gasteiger partial charge in [0.1, 0.15) is 0 Å². The molecule has 0 fully saturated rings. The second-order valence-corrected chi connectivity index (χ2v) is 10.1. The Hall–Kier alpha value is -5.47. The lowest BCUT2D eigenvalue weighted by Gasteiger charge is -2.08. The van der Waals surface area contributed by atoms with Crippen LogP contribution in [0.4, 0.5) is 5.69 Å². The number of rotatable bonds is 7. The van der Waals surface area contributed by atoms with E-state index in [1.165, 1.54) is 27.5 Å². The van der Waals surface area contributed by atoms with Gasteiger partial charge in [-0.25, -0.2) is 0 Å². The summed E-state index contributed by atoms with van der Waals surface area (Å²) < 4.78 is 0. The summed E-state index contributed by atoms with van der Waals surface area (Å²) in [4.78, 5) is 0. The van der Waals surface area contributed by atoms with Crippen LogP contribution in [0.1, 0.15) is 16.7 Å². The van der Waals surface area contributed by atoms with Gasteiger partial charge in [0.2, 0.25) is 0 Å². The number of nitrogens with one attached hydrogen (secondary N) is 1. The number of allylic oxidation sites excluding steroid dienone is 3. The molecule has 0 radical (unpaired) electrons. The standard InChI is InChI=1S/C27H22N2.C13H12/c1-2-3-4-27(29)22-9-5-19(6-10-22)23-11-7-21-8-12-24(18-25(21)17-23)20-13-15-26(28)16-14-20;1-3-7-12(8-4-1)11-13-9-5-2-6-10-13/h2-18,29H,1,28H2;1-10H,11H2/b4-3-,29-27?;. The molecule has 204 valence electrons. The third kappa shape index (κ3) is 7.38. The maximum absolute atomic E-state index is 8.09. The quantitative estimate of drug-likeness (QED) is 0.118. The Balaban J connectivity index is 0.000000226. The number of benzene rings is 6. The molecule has 0 atom stereocenters. The Morgan fingerprint density at radius 1 is 0.571 bits per heavy atom. The van der Waals surface area contributed by atoms with E-state index in [0.717, 1.165) is 34.4 Å². The van der Waals surface area contributed by atoms with Crippen LogP contribution in [-0.2, 0) is 6.42 Å². The molecule has 0 aliphatic rings. The summed E-state index contributed by atoms with van der Waals surface area (Å²) in [6.45, 7) is 3.65. The van der Waals surface area contributed by atoms with Crippen LogP contribution in [-0.4, -0.2) is 5.71 Å². The maximum atomic E-state index is 8.09. The van der Waals surface area contributed by atoms with Crippen molar-refractivity contribution in [2.75, 3.05) is 5.73 Å². The van der Waals surface area contributed by atoms with Crippen molar-refractivity contribution in [1.29, 1.82) is 5.41 Å². The normalized spacial score (nSPS) is 10.7. The minimum absolute atomic E-state index is 0.475. The number of nitrogen functional groups attached to an aromatic ring is 1. The number of anilines is 1. The molecule has 0 saturated carbocycles. The van der Waals surface area contributed by atoms with Crippen molar-refractivity contribution in [3.8, 4) is 22.3 Å². The van der Waals surface area contributed by atoms with Gasteiger partial charge >= 0.3 is 0 Å². The van der Waals surface area contributed by atoms with Gasteiger partial charge in [-0.1, -0.05) is 140 Å². The third-order valence-electron chi connectivity index (χ3n) is 7.11. The molecule has 6 aromatic carbocycles. The number of hydrogen-bond donors (Lipinski definition) is 2. The van der Waals surface area contributed by atoms with E-state index in [1.54, 1.807) is 18.2 Å². The SMILES string of the molecule is C=C/C=C\C(=N)c1ccc(-c2ccc3ccc(-c4ccc(N)cc4)cc3c2)cc1.c1ccc(Cc2ccccc2)cc1. The van der Waals surface area contributed by atoms with E-state index in [9.17, 15) is 0 Å². The molecule has 0 bridgehead atoms. The molecule has 6 rings (SSSR count). The Labute approximate surface area is 248 Å². The van der Waals surface area contributed by atoms with Gasteiger partial charge in [0, 0.05) is 5.69 Å². The van der Waals surface area contributed by atoms with E-state index in [4.69, 9.17) is 11.1 Å². The molecule has 42 heavy (non-hydrogen) atoms. The Morgan fingerprint density at radius 2 is 1.05 bits per heavy atom. The van der Waals surface area contributed by atoms with Gasteiger partial charge in [-0.2, -0.15) is 0 Å². The predicted molar refractivity (Wildman–Crippen MR) is 181 cm³/mol. The largest absolute Gasteiger partial charge is 0.399 e. The van der Waals surface area contributed by atoms with E-state index in [0.29, 0.717) is 5.71 Å². The lowest BCUT2D eigenvalue weighted by atomic mass is 9.96. The molecule has 3 N–H and O–H groups in total. The molecule has 2 nitrogen and oxygen atoms in total. The fourth-order valence-corrected chi connectivity index (χ4v) is 4.81. The fourth-order valence-electron chi connectivity index (χ4n) is 4.81. The number of fused-ring (bicyclic) bond motifs is 1. The highest BCUT2D eigenvalue weighted by Gasteiger charge is 2.04. The first kappa shape index (κ1) is 28.1. The Kier molecular flexibility index (Phi) is 9.18. The van der Waals surface area contributed by atoms with E-state index in [2.05, 4.69) is 128 Å². The van der Waals surface area contributed by atoms with Crippen LogP contribution in [0.25, 0.3) is 33.0 Å². The summed E-state index contributed by atoms with van der Waals surface area (Å²) in [5.74, 6) is 0. The van der Waals surface area contributed by atoms with Gasteiger partial charge in [0.05, 0.1) is 5.71 Å². The van der Waals surface area contributed by atoms with Crippen LogP contribution < -0.4 is 5.73 Å². The van der Waals surface area contributed by atoms with Crippen LogP contribution in [0, 0.1) is 5.41 Å². The predicted octanol–water partition coefficient (Wildman–Crippen LogP) is 10.1. The maximum Gasteiger partial charge on any atom is 0.0612 e. The van der Waals surface area contributed by atoms with Gasteiger partial charge in [-0.3, -0.25) is 0 Å². The van der Waals surface area contributed by atoms with Crippen molar-refractivity contribution < 1.29 is 0 Å². The van der Waals surface area contributed by atoms with Crippen LogP contribution in [0.2, 0.25) is 0 Å². The average Bonchev–Trinajstić information content (AvgIpc) is 3.05. The van der Waals surface area contributed by atoms with Gasteiger partial charge < -0.3 is 11.1 Å². The summed E-state index contributed by atoms with van der Waals surface area (Å²) in [7, 11) is 0. The van der Waals surface area contributed by atoms with Crippen molar-refractivity contribution >= 4 is 22.2 Å². The zero-order valence-electron chi connectivity index (χ0n) is 23.6. The molecule has 0 amide bonds. The topological polar surface area (TPSA) is 49.9 Å². The van der Waals surface area contributed by atoms with Crippen molar-refractivity contribution in [3.63, 3.8) is 0 Å². The monoisotopic (exact) mass is 542 g/mol. The molecule has 0 aromatic heterocycles. The molecular formula is C40H34N2. The highest BCUT2D eigenvalue weighted by molar-refractivity contribution is 6.06. The number of hydrogen-bond acceptors (Lipinski definition) is 2. The second-order valence-electron chi connectivity index (χ2n) is 10.1. The molecular weight excluding hydrogens is 508 g/mol. The van der Waals surface area contributed by atoms with Gasteiger partial charge in [-0.05, 0) is 86.5 Å². The molecule has 0 aliphatic heterocycles. The summed E-state index contributed by atoms with van der Waals surface area (Å²) in [6, 6.07) is 50.2. The van der Waals surface area contributed by atoms with Gasteiger partial charge in [-0.15, -0.1) is 0 Å². The molecule has 0 spiro atoms. The highest BCUT2D eigenvalue weighted by Crippen LogP contribution is 2.29. The second kappa shape index (κ2) is 13.7. The van der Waals surface area contributed by atoms with E-state index < -0.39 is 0 Å². The third-order valence-corrected chi connectivity index (χ3v) is 7.11. The smallest absolute Gasteiger partial charge is 0.0612 e. The minimum Gasteiger partial charge on any atom is -0.399 e. The number of nitrogens with two attached hydrogens (primary N) is 1.